The Morgan fingerprint density at radius 1 is 1.40 bits per heavy atom. The number of nitrogens with zero attached hydrogens (tertiary/aromatic N) is 1. The van der Waals surface area contributed by atoms with Gasteiger partial charge in [-0.1, -0.05) is 20.8 Å². The van der Waals surface area contributed by atoms with Crippen LogP contribution in [0.5, 0.6) is 0 Å². The summed E-state index contributed by atoms with van der Waals surface area (Å²) in [6, 6.07) is 0. The van der Waals surface area contributed by atoms with E-state index < -0.39 is 0 Å². The zero-order valence-electron chi connectivity index (χ0n) is 9.56. The topological polar surface area (TPSA) is 37.4 Å². The van der Waals surface area contributed by atoms with Gasteiger partial charge in [-0.3, -0.25) is 14.5 Å². The molecule has 0 aromatic rings. The van der Waals surface area contributed by atoms with Gasteiger partial charge in [-0.05, 0) is 12.3 Å². The van der Waals surface area contributed by atoms with Crippen molar-refractivity contribution in [3.8, 4) is 0 Å². The Bertz CT molecular complexity index is 263. The highest BCUT2D eigenvalue weighted by atomic mass is 32.1. The van der Waals surface area contributed by atoms with Gasteiger partial charge in [0, 0.05) is 18.2 Å². The van der Waals surface area contributed by atoms with Crippen LogP contribution in [-0.4, -0.2) is 28.5 Å². The van der Waals surface area contributed by atoms with Gasteiger partial charge in [0.1, 0.15) is 0 Å². The van der Waals surface area contributed by atoms with Gasteiger partial charge >= 0.3 is 0 Å². The number of rotatable bonds is 4. The molecule has 3 nitrogen and oxygen atoms in total. The monoisotopic (exact) mass is 229 g/mol. The van der Waals surface area contributed by atoms with Crippen molar-refractivity contribution in [2.75, 3.05) is 6.54 Å². The van der Waals surface area contributed by atoms with Crippen molar-refractivity contribution in [2.45, 2.75) is 38.9 Å². The highest BCUT2D eigenvalue weighted by Gasteiger charge is 2.39. The molecule has 0 bridgehead atoms. The average Bonchev–Trinajstić information content (AvgIpc) is 2.39. The van der Waals surface area contributed by atoms with Gasteiger partial charge in [0.2, 0.25) is 11.8 Å². The first-order valence-electron chi connectivity index (χ1n) is 5.45. The molecular formula is C11H19NO2S. The Morgan fingerprint density at radius 3 is 2.40 bits per heavy atom. The van der Waals surface area contributed by atoms with Crippen molar-refractivity contribution in [2.24, 2.45) is 11.8 Å². The summed E-state index contributed by atoms with van der Waals surface area (Å²) in [5.74, 6) is 0.223. The molecule has 0 aliphatic carbocycles. The first kappa shape index (κ1) is 12.6. The molecule has 4 heteroatoms. The van der Waals surface area contributed by atoms with Gasteiger partial charge < -0.3 is 0 Å². The highest BCUT2D eigenvalue weighted by molar-refractivity contribution is 7.81. The van der Waals surface area contributed by atoms with Crippen molar-refractivity contribution >= 4 is 24.4 Å². The van der Waals surface area contributed by atoms with E-state index in [-0.39, 0.29) is 23.0 Å². The molecule has 0 saturated carbocycles. The summed E-state index contributed by atoms with van der Waals surface area (Å²) in [4.78, 5) is 24.8. The third kappa shape index (κ3) is 2.97. The molecule has 1 aliphatic heterocycles. The molecule has 86 valence electrons. The molecule has 2 atom stereocenters. The molecule has 15 heavy (non-hydrogen) atoms. The van der Waals surface area contributed by atoms with Crippen molar-refractivity contribution in [1.82, 2.24) is 4.90 Å². The number of carbonyl (C=O) groups excluding carboxylic acids is 2. The minimum absolute atomic E-state index is 0.0356. The Balaban J connectivity index is 2.59. The average molecular weight is 229 g/mol. The standard InChI is InChI=1S/C11H19NO2S/c1-7(2)4-5-12-10(13)6-9(8(3)15)11(12)14/h7-9,15H,4-6H2,1-3H3. The summed E-state index contributed by atoms with van der Waals surface area (Å²) in [6.07, 6.45) is 1.22. The van der Waals surface area contributed by atoms with Crippen LogP contribution in [0.1, 0.15) is 33.6 Å². The van der Waals surface area contributed by atoms with E-state index in [9.17, 15) is 9.59 Å². The van der Waals surface area contributed by atoms with E-state index in [1.165, 1.54) is 4.90 Å². The normalized spacial score (nSPS) is 24.1. The van der Waals surface area contributed by atoms with Crippen LogP contribution >= 0.6 is 12.6 Å². The number of thiol groups is 1. The maximum absolute atomic E-state index is 11.8. The van der Waals surface area contributed by atoms with E-state index in [2.05, 4.69) is 26.5 Å². The predicted molar refractivity (Wildman–Crippen MR) is 62.7 cm³/mol. The predicted octanol–water partition coefficient (Wildman–Crippen LogP) is 1.73. The molecule has 0 radical (unpaired) electrons. The van der Waals surface area contributed by atoms with E-state index in [0.717, 1.165) is 6.42 Å². The molecule has 1 saturated heterocycles. The van der Waals surface area contributed by atoms with E-state index in [1.54, 1.807) is 0 Å². The second kappa shape index (κ2) is 5.01. The number of hydrogen-bond acceptors (Lipinski definition) is 3. The zero-order valence-corrected chi connectivity index (χ0v) is 10.5. The molecule has 0 N–H and O–H groups in total. The molecule has 1 rings (SSSR count). The third-order valence-electron chi connectivity index (χ3n) is 2.79. The zero-order chi connectivity index (χ0) is 11.6. The van der Waals surface area contributed by atoms with Gasteiger partial charge in [-0.25, -0.2) is 0 Å². The summed E-state index contributed by atoms with van der Waals surface area (Å²) in [6.45, 7) is 6.60. The number of hydrogen-bond donors (Lipinski definition) is 1. The van der Waals surface area contributed by atoms with Crippen LogP contribution in [0.3, 0.4) is 0 Å². The van der Waals surface area contributed by atoms with Gasteiger partial charge in [-0.15, -0.1) is 0 Å². The maximum atomic E-state index is 11.8. The molecule has 0 aromatic heterocycles. The van der Waals surface area contributed by atoms with E-state index in [1.807, 2.05) is 6.92 Å². The van der Waals surface area contributed by atoms with E-state index in [4.69, 9.17) is 0 Å². The third-order valence-corrected chi connectivity index (χ3v) is 3.15. The largest absolute Gasteiger partial charge is 0.282 e. The number of imide groups is 1. The summed E-state index contributed by atoms with van der Waals surface area (Å²) in [5.41, 5.74) is 0. The van der Waals surface area contributed by atoms with E-state index >= 15 is 0 Å². The fourth-order valence-electron chi connectivity index (χ4n) is 1.71. The van der Waals surface area contributed by atoms with Crippen molar-refractivity contribution < 1.29 is 9.59 Å². The van der Waals surface area contributed by atoms with Crippen molar-refractivity contribution in [3.63, 3.8) is 0 Å². The smallest absolute Gasteiger partial charge is 0.233 e. The van der Waals surface area contributed by atoms with Crippen LogP contribution < -0.4 is 0 Å². The Morgan fingerprint density at radius 2 is 2.00 bits per heavy atom. The van der Waals surface area contributed by atoms with Crippen molar-refractivity contribution in [3.05, 3.63) is 0 Å². The quantitative estimate of drug-likeness (QED) is 0.589. The van der Waals surface area contributed by atoms with Gasteiger partial charge in [0.05, 0.1) is 5.92 Å². The fraction of sp³-hybridized carbons (Fsp3) is 0.818. The lowest BCUT2D eigenvalue weighted by Gasteiger charge is -2.17. The van der Waals surface area contributed by atoms with Crippen molar-refractivity contribution in [1.29, 1.82) is 0 Å². The molecular weight excluding hydrogens is 210 g/mol. The van der Waals surface area contributed by atoms with Crippen LogP contribution in [0.25, 0.3) is 0 Å². The van der Waals surface area contributed by atoms with Crippen LogP contribution in [0, 0.1) is 11.8 Å². The first-order chi connectivity index (χ1) is 6.93. The van der Waals surface area contributed by atoms with Crippen LogP contribution in [0.2, 0.25) is 0 Å². The lowest BCUT2D eigenvalue weighted by atomic mass is 10.1. The maximum Gasteiger partial charge on any atom is 0.233 e. The first-order valence-corrected chi connectivity index (χ1v) is 5.97. The van der Waals surface area contributed by atoms with Crippen LogP contribution in [-0.2, 0) is 9.59 Å². The number of likely N-dealkylation sites (tertiary alicyclic amines) is 1. The summed E-state index contributed by atoms with van der Waals surface area (Å²) < 4.78 is 0. The van der Waals surface area contributed by atoms with Crippen LogP contribution in [0.15, 0.2) is 0 Å². The lowest BCUT2D eigenvalue weighted by molar-refractivity contribution is -0.139. The van der Waals surface area contributed by atoms with Gasteiger partial charge in [-0.2, -0.15) is 12.6 Å². The summed E-state index contributed by atoms with van der Waals surface area (Å²) >= 11 is 4.24. The summed E-state index contributed by atoms with van der Waals surface area (Å²) in [7, 11) is 0. The minimum Gasteiger partial charge on any atom is -0.282 e. The highest BCUT2D eigenvalue weighted by Crippen LogP contribution is 2.25. The Kier molecular flexibility index (Phi) is 4.20. The van der Waals surface area contributed by atoms with Gasteiger partial charge in [0.25, 0.3) is 0 Å². The van der Waals surface area contributed by atoms with Gasteiger partial charge in [0.15, 0.2) is 0 Å². The second-order valence-electron chi connectivity index (χ2n) is 4.62. The lowest BCUT2D eigenvalue weighted by Crippen LogP contribution is -2.33. The molecule has 1 aliphatic rings. The Labute approximate surface area is 96.6 Å². The van der Waals surface area contributed by atoms with Crippen LogP contribution in [0.4, 0.5) is 0 Å². The van der Waals surface area contributed by atoms with E-state index in [0.29, 0.717) is 18.9 Å². The minimum atomic E-state index is -0.215. The molecule has 1 fully saturated rings. The molecule has 1 heterocycles. The number of carbonyl (C=O) groups is 2. The summed E-state index contributed by atoms with van der Waals surface area (Å²) in [5, 5.41) is -0.0366. The Hall–Kier alpha value is -0.510. The molecule has 2 amide bonds. The molecule has 0 aromatic carbocycles. The number of amides is 2. The second-order valence-corrected chi connectivity index (χ2v) is 5.43. The fourth-order valence-corrected chi connectivity index (χ4v) is 1.94. The molecule has 2 unspecified atom stereocenters. The SMILES string of the molecule is CC(C)CCN1C(=O)CC(C(C)S)C1=O. The molecule has 0 spiro atoms.